The summed E-state index contributed by atoms with van der Waals surface area (Å²) in [5.74, 6) is 7.23. The highest BCUT2D eigenvalue weighted by molar-refractivity contribution is 7.94. The van der Waals surface area contributed by atoms with Crippen molar-refractivity contribution in [2.45, 2.75) is 38.4 Å². The zero-order valence-corrected chi connectivity index (χ0v) is 21.9. The van der Waals surface area contributed by atoms with Crippen LogP contribution >= 0.6 is 23.7 Å². The van der Waals surface area contributed by atoms with E-state index >= 15 is 0 Å². The molecule has 10 heteroatoms. The van der Waals surface area contributed by atoms with Crippen LogP contribution in [0.15, 0.2) is 54.4 Å². The van der Waals surface area contributed by atoms with Crippen molar-refractivity contribution in [2.24, 2.45) is 11.6 Å². The minimum absolute atomic E-state index is 0.0131. The van der Waals surface area contributed by atoms with Crippen LogP contribution in [0.3, 0.4) is 0 Å². The molecule has 0 radical (unpaired) electrons. The Morgan fingerprint density at radius 1 is 1.11 bits per heavy atom. The number of rotatable bonds is 14. The highest BCUT2D eigenvalue weighted by Gasteiger charge is 2.24. The molecule has 0 aliphatic heterocycles. The molecule has 0 heterocycles. The first-order chi connectivity index (χ1) is 16.6. The molecule has 0 aliphatic carbocycles. The van der Waals surface area contributed by atoms with Gasteiger partial charge >= 0.3 is 0 Å². The van der Waals surface area contributed by atoms with Gasteiger partial charge in [0, 0.05) is 17.3 Å². The topological polar surface area (TPSA) is 114 Å². The maximum atomic E-state index is 12.2. The number of benzene rings is 2. The maximum Gasteiger partial charge on any atom is 0.122 e. The van der Waals surface area contributed by atoms with Gasteiger partial charge in [-0.2, -0.15) is 3.89 Å². The monoisotopic (exact) mass is 527 g/mol. The highest BCUT2D eigenvalue weighted by Crippen LogP contribution is 2.34. The Morgan fingerprint density at radius 3 is 2.34 bits per heavy atom. The summed E-state index contributed by atoms with van der Waals surface area (Å²) in [6.45, 7) is 6.52. The Labute approximate surface area is 216 Å². The van der Waals surface area contributed by atoms with Crippen molar-refractivity contribution >= 4 is 23.7 Å². The number of nitrogens with zero attached hydrogens (tertiary/aromatic N) is 1. The van der Waals surface area contributed by atoms with Crippen molar-refractivity contribution in [2.75, 3.05) is 31.4 Å². The van der Waals surface area contributed by atoms with E-state index in [2.05, 4.69) is 19.9 Å². The van der Waals surface area contributed by atoms with Crippen LogP contribution in [0.5, 0.6) is 11.5 Å². The summed E-state index contributed by atoms with van der Waals surface area (Å²) in [5.41, 5.74) is 8.79. The number of aryl methyl sites for hydroxylation is 1. The quantitative estimate of drug-likeness (QED) is 0.167. The highest BCUT2D eigenvalue weighted by atomic mass is 35.5. The lowest BCUT2D eigenvalue weighted by atomic mass is 9.77. The lowest BCUT2D eigenvalue weighted by Gasteiger charge is -2.27. The summed E-state index contributed by atoms with van der Waals surface area (Å²) >= 11 is 5.73. The first-order valence-corrected chi connectivity index (χ1v) is 12.6. The number of halogens is 2. The smallest absolute Gasteiger partial charge is 0.122 e. The molecule has 194 valence electrons. The van der Waals surface area contributed by atoms with E-state index < -0.39 is 12.2 Å². The van der Waals surface area contributed by atoms with E-state index in [1.807, 2.05) is 43.3 Å². The molecule has 2 aromatic carbocycles. The fourth-order valence-electron chi connectivity index (χ4n) is 3.42. The largest absolute Gasteiger partial charge is 0.491 e. The van der Waals surface area contributed by atoms with Crippen molar-refractivity contribution in [3.63, 3.8) is 0 Å². The van der Waals surface area contributed by atoms with Crippen molar-refractivity contribution < 1.29 is 23.6 Å². The van der Waals surface area contributed by atoms with Crippen molar-refractivity contribution in [3.8, 4) is 11.5 Å². The van der Waals surface area contributed by atoms with Gasteiger partial charge in [0.1, 0.15) is 36.9 Å². The minimum Gasteiger partial charge on any atom is -0.491 e. The van der Waals surface area contributed by atoms with Gasteiger partial charge in [0.2, 0.25) is 0 Å². The Kier molecular flexibility index (Phi) is 11.5. The van der Waals surface area contributed by atoms with E-state index in [1.54, 1.807) is 0 Å². The van der Waals surface area contributed by atoms with Crippen LogP contribution in [0.1, 0.15) is 30.5 Å². The van der Waals surface area contributed by atoms with Gasteiger partial charge in [-0.25, -0.2) is 5.84 Å². The lowest BCUT2D eigenvalue weighted by Crippen LogP contribution is -2.37. The number of hydrazine groups is 1. The van der Waals surface area contributed by atoms with Crippen LogP contribution < -0.4 is 21.1 Å². The number of hydrogen-bond acceptors (Lipinski definition) is 8. The molecule has 0 amide bonds. The number of aliphatic hydroxyl groups is 2. The molecule has 0 saturated carbocycles. The van der Waals surface area contributed by atoms with Crippen molar-refractivity contribution in [1.82, 2.24) is 5.01 Å². The fraction of sp³-hybridized carbons (Fsp3) is 0.440. The van der Waals surface area contributed by atoms with Crippen molar-refractivity contribution in [3.05, 3.63) is 71.1 Å². The summed E-state index contributed by atoms with van der Waals surface area (Å²) in [5, 5.41) is 21.0. The van der Waals surface area contributed by atoms with Gasteiger partial charge in [-0.3, -0.25) is 0 Å². The predicted octanol–water partition coefficient (Wildman–Crippen LogP) is 3.63. The second-order valence-electron chi connectivity index (χ2n) is 8.87. The number of ether oxygens (including phenoxy) is 2. The summed E-state index contributed by atoms with van der Waals surface area (Å²) < 4.78 is 23.6. The van der Waals surface area contributed by atoms with Gasteiger partial charge in [0.15, 0.2) is 0 Å². The molecular weight excluding hydrogens is 493 g/mol. The molecule has 2 atom stereocenters. The number of alkyl halides is 1. The Morgan fingerprint density at radius 2 is 1.74 bits per heavy atom. The molecule has 35 heavy (non-hydrogen) atoms. The Hall–Kier alpha value is -2.17. The molecule has 0 fully saturated rings. The van der Waals surface area contributed by atoms with Gasteiger partial charge in [0.05, 0.1) is 30.3 Å². The lowest BCUT2D eigenvalue weighted by molar-refractivity contribution is 0.0817. The third kappa shape index (κ3) is 9.09. The molecule has 0 spiro atoms. The van der Waals surface area contributed by atoms with E-state index in [-0.39, 0.29) is 54.7 Å². The van der Waals surface area contributed by atoms with Crippen LogP contribution in [-0.2, 0) is 5.41 Å². The summed E-state index contributed by atoms with van der Waals surface area (Å²) in [4.78, 5) is 0. The first-order valence-electron chi connectivity index (χ1n) is 11.2. The minimum atomic E-state index is -0.854. The molecule has 0 aliphatic rings. The van der Waals surface area contributed by atoms with Crippen LogP contribution in [0.25, 0.3) is 0 Å². The first kappa shape index (κ1) is 29.1. The van der Waals surface area contributed by atoms with E-state index in [9.17, 15) is 14.1 Å². The SMILES string of the molecule is Cc1cc(C(C)(C)c2ccc(OCC(O)CN(N)/C=C(\N)CSF)cc2)ccc1OCC(O)CCl. The van der Waals surface area contributed by atoms with Crippen LogP contribution in [0.4, 0.5) is 3.89 Å². The van der Waals surface area contributed by atoms with Gasteiger partial charge < -0.3 is 30.4 Å². The van der Waals surface area contributed by atoms with Gasteiger partial charge in [-0.05, 0) is 41.8 Å². The maximum absolute atomic E-state index is 12.2. The van der Waals surface area contributed by atoms with E-state index in [0.717, 1.165) is 16.7 Å². The fourth-order valence-corrected chi connectivity index (χ4v) is 3.71. The number of nitrogens with two attached hydrogens (primary N) is 2. The molecule has 6 N–H and O–H groups in total. The average molecular weight is 528 g/mol. The van der Waals surface area contributed by atoms with E-state index in [1.165, 1.54) is 11.2 Å². The summed E-state index contributed by atoms with van der Waals surface area (Å²) in [6, 6.07) is 13.7. The molecular formula is C25H35ClFN3O4S. The number of aliphatic hydroxyl groups excluding tert-OH is 2. The molecule has 0 aromatic heterocycles. The zero-order chi connectivity index (χ0) is 26.0. The van der Waals surface area contributed by atoms with Gasteiger partial charge in [-0.15, -0.1) is 11.6 Å². The number of hydrogen-bond donors (Lipinski definition) is 4. The standard InChI is InChI=1S/C25H35ClFN3O4S/c1-17-10-19(6-9-24(17)34-14-21(31)11-26)25(2,3)18-4-7-23(8-5-18)33-15-22(32)13-30(29)12-20(28)16-35-27/h4-10,12,21-22,31-32H,11,13-16,28-29H2,1-3H3/b20-12-. The van der Waals surface area contributed by atoms with Gasteiger partial charge in [-0.1, -0.05) is 38.1 Å². The molecule has 2 aromatic rings. The zero-order valence-electron chi connectivity index (χ0n) is 20.3. The molecule has 2 rings (SSSR count). The predicted molar refractivity (Wildman–Crippen MR) is 140 cm³/mol. The van der Waals surface area contributed by atoms with Crippen LogP contribution in [0, 0.1) is 6.92 Å². The van der Waals surface area contributed by atoms with Gasteiger partial charge in [0.25, 0.3) is 0 Å². The third-order valence-electron chi connectivity index (χ3n) is 5.50. The van der Waals surface area contributed by atoms with E-state index in [0.29, 0.717) is 11.5 Å². The normalized spacial score (nSPS) is 13.9. The second kappa shape index (κ2) is 13.8. The van der Waals surface area contributed by atoms with Crippen LogP contribution in [-0.4, -0.2) is 58.8 Å². The molecule has 0 bridgehead atoms. The van der Waals surface area contributed by atoms with Crippen molar-refractivity contribution in [1.29, 1.82) is 0 Å². The summed E-state index contributed by atoms with van der Waals surface area (Å²) in [6.07, 6.45) is -0.172. The molecule has 7 nitrogen and oxygen atoms in total. The summed E-state index contributed by atoms with van der Waals surface area (Å²) in [7, 11) is 0. The second-order valence-corrected chi connectivity index (χ2v) is 9.68. The molecule has 0 saturated heterocycles. The average Bonchev–Trinajstić information content (AvgIpc) is 2.81. The third-order valence-corrected chi connectivity index (χ3v) is 6.30. The van der Waals surface area contributed by atoms with E-state index in [4.69, 9.17) is 32.7 Å². The Balaban J connectivity index is 1.97. The van der Waals surface area contributed by atoms with Crippen LogP contribution in [0.2, 0.25) is 0 Å². The molecule has 2 unspecified atom stereocenters. The Bertz CT molecular complexity index is 962.